The van der Waals surface area contributed by atoms with Gasteiger partial charge in [0.1, 0.15) is 19.3 Å². The van der Waals surface area contributed by atoms with E-state index in [1.807, 2.05) is 0 Å². The van der Waals surface area contributed by atoms with Crippen LogP contribution in [-0.4, -0.2) is 96.7 Å². The molecule has 0 bridgehead atoms. The van der Waals surface area contributed by atoms with Gasteiger partial charge in [0.05, 0.1) is 26.4 Å². The second-order valence-electron chi connectivity index (χ2n) is 28.0. The fourth-order valence-electron chi connectivity index (χ4n) is 11.5. The van der Waals surface area contributed by atoms with Crippen LogP contribution in [0.2, 0.25) is 0 Å². The second-order valence-corrected chi connectivity index (χ2v) is 30.9. The van der Waals surface area contributed by atoms with Gasteiger partial charge in [0, 0.05) is 25.7 Å². The Balaban J connectivity index is 5.24. The lowest BCUT2D eigenvalue weighted by atomic mass is 10.0. The third kappa shape index (κ3) is 68.6. The van der Waals surface area contributed by atoms with Crippen LogP contribution in [0.5, 0.6) is 0 Å². The van der Waals surface area contributed by atoms with Crippen molar-refractivity contribution in [3.05, 3.63) is 0 Å². The van der Waals surface area contributed by atoms with Crippen molar-refractivity contribution in [2.45, 2.75) is 407 Å². The highest BCUT2D eigenvalue weighted by Gasteiger charge is 2.30. The first-order chi connectivity index (χ1) is 45.4. The maximum atomic E-state index is 13.1. The highest BCUT2D eigenvalue weighted by molar-refractivity contribution is 7.47. The number of ether oxygens (including phenoxy) is 4. The smallest absolute Gasteiger partial charge is 0.462 e. The van der Waals surface area contributed by atoms with Gasteiger partial charge in [0.2, 0.25) is 0 Å². The number of rotatable bonds is 74. The lowest BCUT2D eigenvalue weighted by molar-refractivity contribution is -0.161. The van der Waals surface area contributed by atoms with Crippen molar-refractivity contribution in [3.63, 3.8) is 0 Å². The summed E-state index contributed by atoms with van der Waals surface area (Å²) in [6.45, 7) is 9.57. The lowest BCUT2D eigenvalue weighted by Gasteiger charge is -2.21. The Morgan fingerprint density at radius 3 is 0.723 bits per heavy atom. The van der Waals surface area contributed by atoms with Crippen molar-refractivity contribution in [1.29, 1.82) is 0 Å². The molecule has 19 heteroatoms. The summed E-state index contributed by atoms with van der Waals surface area (Å²) in [6, 6.07) is 0. The molecule has 0 saturated heterocycles. The molecule has 0 heterocycles. The molecule has 0 aliphatic rings. The normalized spacial score (nSPS) is 14.0. The predicted molar refractivity (Wildman–Crippen MR) is 381 cm³/mol. The van der Waals surface area contributed by atoms with Crippen LogP contribution in [0.1, 0.15) is 388 Å². The Bertz CT molecular complexity index is 1820. The fourth-order valence-corrected chi connectivity index (χ4v) is 13.1. The molecule has 0 amide bonds. The van der Waals surface area contributed by atoms with Gasteiger partial charge in [-0.3, -0.25) is 37.3 Å². The molecule has 17 nitrogen and oxygen atoms in total. The predicted octanol–water partition coefficient (Wildman–Crippen LogP) is 21.9. The summed E-state index contributed by atoms with van der Waals surface area (Å²) in [5.41, 5.74) is 0. The van der Waals surface area contributed by atoms with Crippen LogP contribution in [0, 0.1) is 11.8 Å². The van der Waals surface area contributed by atoms with Crippen molar-refractivity contribution in [2.24, 2.45) is 11.8 Å². The first kappa shape index (κ1) is 92.1. The van der Waals surface area contributed by atoms with E-state index in [0.29, 0.717) is 31.6 Å². The molecule has 0 radical (unpaired) electrons. The van der Waals surface area contributed by atoms with Crippen molar-refractivity contribution in [1.82, 2.24) is 0 Å². The Morgan fingerprint density at radius 2 is 0.489 bits per heavy atom. The number of hydrogen-bond acceptors (Lipinski definition) is 15. The van der Waals surface area contributed by atoms with Gasteiger partial charge in [-0.05, 0) is 37.5 Å². The number of carbonyl (C=O) groups is 4. The molecule has 558 valence electrons. The Kier molecular flexibility index (Phi) is 65.5. The van der Waals surface area contributed by atoms with Gasteiger partial charge in [-0.25, -0.2) is 9.13 Å². The quantitative estimate of drug-likeness (QED) is 0.0222. The summed E-state index contributed by atoms with van der Waals surface area (Å²) < 4.78 is 68.5. The average molecular weight is 1380 g/mol. The largest absolute Gasteiger partial charge is 0.472 e. The highest BCUT2D eigenvalue weighted by Crippen LogP contribution is 2.45. The van der Waals surface area contributed by atoms with E-state index in [4.69, 9.17) is 37.0 Å². The van der Waals surface area contributed by atoms with Crippen LogP contribution in [0.3, 0.4) is 0 Å². The highest BCUT2D eigenvalue weighted by atomic mass is 31.2. The van der Waals surface area contributed by atoms with Gasteiger partial charge < -0.3 is 33.8 Å². The molecule has 94 heavy (non-hydrogen) atoms. The van der Waals surface area contributed by atoms with Crippen molar-refractivity contribution in [3.8, 4) is 0 Å². The van der Waals surface area contributed by atoms with E-state index in [2.05, 4.69) is 41.5 Å². The number of carbonyl (C=O) groups excluding carboxylic acids is 4. The number of esters is 4. The molecule has 0 aliphatic heterocycles. The summed E-state index contributed by atoms with van der Waals surface area (Å²) in [4.78, 5) is 72.8. The summed E-state index contributed by atoms with van der Waals surface area (Å²) >= 11 is 0. The number of phosphoric acid groups is 2. The molecule has 0 saturated carbocycles. The number of aliphatic hydroxyl groups excluding tert-OH is 1. The Morgan fingerprint density at radius 1 is 0.287 bits per heavy atom. The molecule has 0 aromatic carbocycles. The SMILES string of the molecule is CCCCCCCCCCCCCCCC(=O)OC[C@H](COP(=O)(O)OC[C@@H](O)COP(=O)(O)OC[C@@H](COC(=O)CCCCCCCCCC(C)C)OC(=O)CCCCCCCCCCCCCCC)OC(=O)CCCCCCCCCCCCCCCCCC(C)C. The standard InChI is InChI=1S/C75H146O17P2/c1-7-9-11-13-15-17-19-24-29-33-39-45-51-57-72(77)85-63-70(91-75(80)60-54-48-41-35-31-27-23-21-22-26-28-32-37-43-49-55-67(3)4)65-89-93(81,82)87-61-69(76)62-88-94(83,84)90-66-71(64-86-73(78)58-52-46-42-36-38-44-50-56-68(5)6)92-74(79)59-53-47-40-34-30-25-20-18-16-14-12-10-8-2/h67-71,76H,7-66H2,1-6H3,(H,81,82)(H,83,84)/t69-,70-,71-/m1/s1. The van der Waals surface area contributed by atoms with Crippen LogP contribution in [0.15, 0.2) is 0 Å². The van der Waals surface area contributed by atoms with Crippen LogP contribution in [-0.2, 0) is 65.4 Å². The van der Waals surface area contributed by atoms with E-state index in [9.17, 15) is 43.2 Å². The van der Waals surface area contributed by atoms with Gasteiger partial charge in [0.25, 0.3) is 0 Å². The number of unbranched alkanes of at least 4 members (excludes halogenated alkanes) is 44. The molecule has 0 fully saturated rings. The number of hydrogen-bond donors (Lipinski definition) is 3. The van der Waals surface area contributed by atoms with E-state index >= 15 is 0 Å². The molecule has 0 rings (SSSR count). The van der Waals surface area contributed by atoms with Crippen LogP contribution < -0.4 is 0 Å². The van der Waals surface area contributed by atoms with E-state index < -0.39 is 97.5 Å². The summed E-state index contributed by atoms with van der Waals surface area (Å²) in [5, 5.41) is 10.6. The Hall–Kier alpha value is -1.94. The van der Waals surface area contributed by atoms with Crippen molar-refractivity contribution >= 4 is 39.5 Å². The first-order valence-corrected chi connectivity index (χ1v) is 42.0. The molecule has 5 atom stereocenters. The van der Waals surface area contributed by atoms with Gasteiger partial charge in [0.15, 0.2) is 12.2 Å². The van der Waals surface area contributed by atoms with E-state index in [1.54, 1.807) is 0 Å². The van der Waals surface area contributed by atoms with Gasteiger partial charge in [-0.15, -0.1) is 0 Å². The van der Waals surface area contributed by atoms with Crippen LogP contribution in [0.4, 0.5) is 0 Å². The van der Waals surface area contributed by atoms with Gasteiger partial charge in [-0.1, -0.05) is 337 Å². The summed E-state index contributed by atoms with van der Waals surface area (Å²) in [5.74, 6) is -0.608. The zero-order chi connectivity index (χ0) is 69.3. The monoisotopic (exact) mass is 1380 g/mol. The molecule has 0 spiro atoms. The zero-order valence-corrected chi connectivity index (χ0v) is 63.1. The van der Waals surface area contributed by atoms with Crippen molar-refractivity contribution in [2.75, 3.05) is 39.6 Å². The Labute approximate surface area is 575 Å². The summed E-state index contributed by atoms with van der Waals surface area (Å²) in [6.07, 6.45) is 54.1. The van der Waals surface area contributed by atoms with Crippen molar-refractivity contribution < 1.29 is 80.2 Å². The van der Waals surface area contributed by atoms with Crippen LogP contribution >= 0.6 is 15.6 Å². The molecule has 0 aromatic heterocycles. The van der Waals surface area contributed by atoms with Crippen LogP contribution in [0.25, 0.3) is 0 Å². The molecular formula is C75H146O17P2. The third-order valence-corrected chi connectivity index (χ3v) is 19.4. The molecule has 0 aromatic rings. The molecule has 2 unspecified atom stereocenters. The maximum Gasteiger partial charge on any atom is 0.472 e. The minimum absolute atomic E-state index is 0.107. The lowest BCUT2D eigenvalue weighted by Crippen LogP contribution is -2.30. The van der Waals surface area contributed by atoms with Gasteiger partial charge in [-0.2, -0.15) is 0 Å². The maximum absolute atomic E-state index is 13.1. The second kappa shape index (κ2) is 66.9. The van der Waals surface area contributed by atoms with Gasteiger partial charge >= 0.3 is 39.5 Å². The van der Waals surface area contributed by atoms with E-state index in [0.717, 1.165) is 102 Å². The summed E-state index contributed by atoms with van der Waals surface area (Å²) in [7, 11) is -9.91. The zero-order valence-electron chi connectivity index (χ0n) is 61.3. The van der Waals surface area contributed by atoms with E-state index in [-0.39, 0.29) is 25.7 Å². The number of aliphatic hydroxyl groups is 1. The fraction of sp³-hybridized carbons (Fsp3) is 0.947. The first-order valence-electron chi connectivity index (χ1n) is 39.0. The third-order valence-electron chi connectivity index (χ3n) is 17.5. The molecule has 0 aliphatic carbocycles. The molecule has 3 N–H and O–H groups in total. The minimum Gasteiger partial charge on any atom is -0.462 e. The number of phosphoric ester groups is 2. The van der Waals surface area contributed by atoms with E-state index in [1.165, 1.54) is 199 Å². The minimum atomic E-state index is -4.96. The molecular weight excluding hydrogens is 1230 g/mol. The topological polar surface area (TPSA) is 237 Å². The average Bonchev–Trinajstić information content (AvgIpc) is 2.71.